The summed E-state index contributed by atoms with van der Waals surface area (Å²) in [5.41, 5.74) is 1.35. The summed E-state index contributed by atoms with van der Waals surface area (Å²) < 4.78 is 6.09. The van der Waals surface area contributed by atoms with Crippen molar-refractivity contribution >= 4 is 0 Å². The molecule has 1 aliphatic rings. The number of rotatable bonds is 7. The van der Waals surface area contributed by atoms with Crippen LogP contribution in [0.3, 0.4) is 0 Å². The highest BCUT2D eigenvalue weighted by molar-refractivity contribution is 5.30. The minimum atomic E-state index is 0.443. The molecule has 1 aromatic rings. The number of ether oxygens (including phenoxy) is 1. The Balaban J connectivity index is 1.99. The summed E-state index contributed by atoms with van der Waals surface area (Å²) >= 11 is 0. The van der Waals surface area contributed by atoms with E-state index in [1.54, 1.807) is 0 Å². The van der Waals surface area contributed by atoms with E-state index in [9.17, 15) is 0 Å². The van der Waals surface area contributed by atoms with Crippen LogP contribution in [-0.4, -0.2) is 12.6 Å². The molecule has 1 unspecified atom stereocenters. The predicted molar refractivity (Wildman–Crippen MR) is 80.7 cm³/mol. The summed E-state index contributed by atoms with van der Waals surface area (Å²) in [7, 11) is 0. The summed E-state index contributed by atoms with van der Waals surface area (Å²) in [6.07, 6.45) is 7.81. The molecule has 1 aliphatic carbocycles. The van der Waals surface area contributed by atoms with Crippen LogP contribution in [0.15, 0.2) is 24.3 Å². The standard InChI is InChI=1S/C17H27NO/c1-3-12-18-17(4-2)14-8-7-11-16(13-14)19-15-9-5-6-10-15/h7-8,11,13,15,17-18H,3-6,9-10,12H2,1-2H3. The van der Waals surface area contributed by atoms with E-state index in [4.69, 9.17) is 4.74 Å². The van der Waals surface area contributed by atoms with Crippen molar-refractivity contribution in [2.45, 2.75) is 64.5 Å². The van der Waals surface area contributed by atoms with Gasteiger partial charge in [-0.15, -0.1) is 0 Å². The molecule has 1 N–H and O–H groups in total. The van der Waals surface area contributed by atoms with Gasteiger partial charge in [0.2, 0.25) is 0 Å². The van der Waals surface area contributed by atoms with E-state index in [1.807, 2.05) is 0 Å². The largest absolute Gasteiger partial charge is 0.490 e. The summed E-state index contributed by atoms with van der Waals surface area (Å²) in [4.78, 5) is 0. The summed E-state index contributed by atoms with van der Waals surface area (Å²) in [6, 6.07) is 9.09. The summed E-state index contributed by atoms with van der Waals surface area (Å²) in [5, 5.41) is 3.60. The quantitative estimate of drug-likeness (QED) is 0.782. The number of nitrogens with one attached hydrogen (secondary N) is 1. The molecule has 0 radical (unpaired) electrons. The van der Waals surface area contributed by atoms with Gasteiger partial charge in [-0.05, 0) is 62.8 Å². The van der Waals surface area contributed by atoms with Gasteiger partial charge in [0.25, 0.3) is 0 Å². The molecule has 2 nitrogen and oxygen atoms in total. The maximum absolute atomic E-state index is 6.09. The van der Waals surface area contributed by atoms with E-state index >= 15 is 0 Å². The Labute approximate surface area is 117 Å². The highest BCUT2D eigenvalue weighted by atomic mass is 16.5. The Kier molecular flexibility index (Phi) is 5.71. The highest BCUT2D eigenvalue weighted by Gasteiger charge is 2.17. The first-order valence-electron chi connectivity index (χ1n) is 7.83. The Morgan fingerprint density at radius 1 is 1.26 bits per heavy atom. The molecule has 2 rings (SSSR count). The Hall–Kier alpha value is -1.02. The Morgan fingerprint density at radius 2 is 2.05 bits per heavy atom. The van der Waals surface area contributed by atoms with Crippen LogP contribution >= 0.6 is 0 Å². The molecule has 106 valence electrons. The third-order valence-corrected chi connectivity index (χ3v) is 3.91. The lowest BCUT2D eigenvalue weighted by atomic mass is 10.0. The van der Waals surface area contributed by atoms with E-state index in [2.05, 4.69) is 43.4 Å². The molecule has 0 aliphatic heterocycles. The van der Waals surface area contributed by atoms with Gasteiger partial charge >= 0.3 is 0 Å². The number of benzene rings is 1. The smallest absolute Gasteiger partial charge is 0.120 e. The first-order valence-corrected chi connectivity index (χ1v) is 7.83. The van der Waals surface area contributed by atoms with Gasteiger partial charge in [0.1, 0.15) is 5.75 Å². The Morgan fingerprint density at radius 3 is 2.74 bits per heavy atom. The normalized spacial score (nSPS) is 17.6. The average Bonchev–Trinajstić information content (AvgIpc) is 2.93. The van der Waals surface area contributed by atoms with E-state index in [1.165, 1.54) is 37.7 Å². The van der Waals surface area contributed by atoms with Gasteiger partial charge in [0.15, 0.2) is 0 Å². The second kappa shape index (κ2) is 7.54. The van der Waals surface area contributed by atoms with Crippen LogP contribution in [0.1, 0.15) is 64.0 Å². The molecular formula is C17H27NO. The van der Waals surface area contributed by atoms with Crippen molar-refractivity contribution in [2.75, 3.05) is 6.54 Å². The van der Waals surface area contributed by atoms with Crippen LogP contribution in [0.2, 0.25) is 0 Å². The van der Waals surface area contributed by atoms with Crippen LogP contribution in [0.5, 0.6) is 5.75 Å². The number of hydrogen-bond acceptors (Lipinski definition) is 2. The molecule has 0 aromatic heterocycles. The third-order valence-electron chi connectivity index (χ3n) is 3.91. The van der Waals surface area contributed by atoms with Crippen molar-refractivity contribution < 1.29 is 4.74 Å². The van der Waals surface area contributed by atoms with E-state index < -0.39 is 0 Å². The minimum Gasteiger partial charge on any atom is -0.490 e. The van der Waals surface area contributed by atoms with Crippen LogP contribution in [0, 0.1) is 0 Å². The third kappa shape index (κ3) is 4.24. The maximum atomic E-state index is 6.09. The van der Waals surface area contributed by atoms with Gasteiger partial charge in [0, 0.05) is 6.04 Å². The van der Waals surface area contributed by atoms with Crippen molar-refractivity contribution in [3.8, 4) is 5.75 Å². The molecule has 1 saturated carbocycles. The van der Waals surface area contributed by atoms with Crippen molar-refractivity contribution in [1.29, 1.82) is 0 Å². The molecule has 1 aromatic carbocycles. The predicted octanol–water partition coefficient (Wildman–Crippen LogP) is 4.46. The molecule has 2 heteroatoms. The maximum Gasteiger partial charge on any atom is 0.120 e. The second-order valence-corrected chi connectivity index (χ2v) is 5.51. The molecule has 0 bridgehead atoms. The van der Waals surface area contributed by atoms with Crippen molar-refractivity contribution in [1.82, 2.24) is 5.32 Å². The minimum absolute atomic E-state index is 0.443. The fourth-order valence-electron chi connectivity index (χ4n) is 2.82. The van der Waals surface area contributed by atoms with Gasteiger partial charge in [-0.2, -0.15) is 0 Å². The highest BCUT2D eigenvalue weighted by Crippen LogP contribution is 2.26. The molecule has 0 heterocycles. The lowest BCUT2D eigenvalue weighted by Crippen LogP contribution is -2.21. The van der Waals surface area contributed by atoms with Crippen molar-refractivity contribution in [3.63, 3.8) is 0 Å². The monoisotopic (exact) mass is 261 g/mol. The second-order valence-electron chi connectivity index (χ2n) is 5.51. The summed E-state index contributed by atoms with van der Waals surface area (Å²) in [5.74, 6) is 1.04. The molecule has 1 fully saturated rings. The Bertz CT molecular complexity index is 371. The van der Waals surface area contributed by atoms with Crippen molar-refractivity contribution in [2.24, 2.45) is 0 Å². The van der Waals surface area contributed by atoms with Crippen LogP contribution in [0.25, 0.3) is 0 Å². The molecule has 19 heavy (non-hydrogen) atoms. The first kappa shape index (κ1) is 14.4. The van der Waals surface area contributed by atoms with Gasteiger partial charge < -0.3 is 10.1 Å². The molecule has 0 spiro atoms. The topological polar surface area (TPSA) is 21.3 Å². The van der Waals surface area contributed by atoms with Crippen LogP contribution < -0.4 is 10.1 Å². The van der Waals surface area contributed by atoms with E-state index in [0.29, 0.717) is 12.1 Å². The molecule has 0 amide bonds. The van der Waals surface area contributed by atoms with Crippen LogP contribution in [-0.2, 0) is 0 Å². The fraction of sp³-hybridized carbons (Fsp3) is 0.647. The van der Waals surface area contributed by atoms with Crippen LogP contribution in [0.4, 0.5) is 0 Å². The first-order chi connectivity index (χ1) is 9.33. The van der Waals surface area contributed by atoms with E-state index in [-0.39, 0.29) is 0 Å². The summed E-state index contributed by atoms with van der Waals surface area (Å²) in [6.45, 7) is 5.52. The SMILES string of the molecule is CCCNC(CC)c1cccc(OC2CCCC2)c1. The lowest BCUT2D eigenvalue weighted by molar-refractivity contribution is 0.209. The fourth-order valence-corrected chi connectivity index (χ4v) is 2.82. The number of hydrogen-bond donors (Lipinski definition) is 1. The molecule has 1 atom stereocenters. The van der Waals surface area contributed by atoms with Crippen molar-refractivity contribution in [3.05, 3.63) is 29.8 Å². The van der Waals surface area contributed by atoms with Gasteiger partial charge in [-0.25, -0.2) is 0 Å². The zero-order chi connectivity index (χ0) is 13.5. The molecule has 0 saturated heterocycles. The van der Waals surface area contributed by atoms with Gasteiger partial charge in [-0.1, -0.05) is 26.0 Å². The average molecular weight is 261 g/mol. The molecular weight excluding hydrogens is 234 g/mol. The van der Waals surface area contributed by atoms with Gasteiger partial charge in [-0.3, -0.25) is 0 Å². The zero-order valence-electron chi connectivity index (χ0n) is 12.3. The van der Waals surface area contributed by atoms with Gasteiger partial charge in [0.05, 0.1) is 6.10 Å². The lowest BCUT2D eigenvalue weighted by Gasteiger charge is -2.19. The zero-order valence-corrected chi connectivity index (χ0v) is 12.3. The van der Waals surface area contributed by atoms with E-state index in [0.717, 1.165) is 18.7 Å².